The predicted octanol–water partition coefficient (Wildman–Crippen LogP) is 3.55. The van der Waals surface area contributed by atoms with Gasteiger partial charge in [-0.3, -0.25) is 14.8 Å². The number of aromatic nitrogens is 3. The van der Waals surface area contributed by atoms with E-state index in [-0.39, 0.29) is 11.3 Å². The number of nitrogens with one attached hydrogen (secondary N) is 1. The number of carbonyl (C=O) groups is 1. The van der Waals surface area contributed by atoms with Gasteiger partial charge in [-0.05, 0) is 31.2 Å². The highest BCUT2D eigenvalue weighted by Gasteiger charge is 2.24. The lowest BCUT2D eigenvalue weighted by Gasteiger charge is -2.15. The summed E-state index contributed by atoms with van der Waals surface area (Å²) in [7, 11) is 1.80. The molecule has 0 saturated heterocycles. The fraction of sp³-hybridized carbons (Fsp3) is 0.588. The van der Waals surface area contributed by atoms with Crippen LogP contribution in [0.15, 0.2) is 6.07 Å². The molecule has 0 bridgehead atoms. The third-order valence-electron chi connectivity index (χ3n) is 4.29. The van der Waals surface area contributed by atoms with E-state index in [1.807, 2.05) is 6.07 Å². The number of amides is 1. The Balaban J connectivity index is 1.79. The van der Waals surface area contributed by atoms with Gasteiger partial charge in [-0.2, -0.15) is 5.10 Å². The van der Waals surface area contributed by atoms with Gasteiger partial charge < -0.3 is 0 Å². The number of carbonyl (C=O) groups excluding carboxylic acids is 1. The van der Waals surface area contributed by atoms with Crippen LogP contribution in [0.25, 0.3) is 0 Å². The summed E-state index contributed by atoms with van der Waals surface area (Å²) in [5.74, 6) is 0.563. The molecule has 1 aliphatic carbocycles. The lowest BCUT2D eigenvalue weighted by atomic mass is 9.92. The number of thiazole rings is 1. The zero-order valence-corrected chi connectivity index (χ0v) is 15.3. The van der Waals surface area contributed by atoms with Crippen LogP contribution in [-0.4, -0.2) is 20.7 Å². The number of fused-ring (bicyclic) bond motifs is 1. The van der Waals surface area contributed by atoms with E-state index >= 15 is 0 Å². The summed E-state index contributed by atoms with van der Waals surface area (Å²) in [6, 6.07) is 1.87. The van der Waals surface area contributed by atoms with Gasteiger partial charge in [-0.25, -0.2) is 4.98 Å². The van der Waals surface area contributed by atoms with Gasteiger partial charge in [0.15, 0.2) is 5.13 Å². The second-order valence-corrected chi connectivity index (χ2v) is 8.56. The molecule has 124 valence electrons. The van der Waals surface area contributed by atoms with Gasteiger partial charge in [-0.1, -0.05) is 27.7 Å². The van der Waals surface area contributed by atoms with Gasteiger partial charge in [-0.15, -0.1) is 11.3 Å². The van der Waals surface area contributed by atoms with E-state index in [2.05, 4.69) is 43.1 Å². The minimum Gasteiger partial charge on any atom is -0.296 e. The third kappa shape index (κ3) is 3.32. The van der Waals surface area contributed by atoms with Gasteiger partial charge in [0.1, 0.15) is 5.69 Å². The minimum absolute atomic E-state index is 0.0767. The van der Waals surface area contributed by atoms with Crippen molar-refractivity contribution in [3.63, 3.8) is 0 Å². The zero-order valence-electron chi connectivity index (χ0n) is 14.4. The largest absolute Gasteiger partial charge is 0.296 e. The van der Waals surface area contributed by atoms with Crippen LogP contribution in [0.5, 0.6) is 0 Å². The highest BCUT2D eigenvalue weighted by Crippen LogP contribution is 2.32. The van der Waals surface area contributed by atoms with Crippen molar-refractivity contribution in [2.24, 2.45) is 13.0 Å². The van der Waals surface area contributed by atoms with Gasteiger partial charge in [0.25, 0.3) is 5.91 Å². The maximum absolute atomic E-state index is 12.5. The van der Waals surface area contributed by atoms with Crippen molar-refractivity contribution in [1.82, 2.24) is 14.8 Å². The molecule has 5 nitrogen and oxygen atoms in total. The topological polar surface area (TPSA) is 59.8 Å². The van der Waals surface area contributed by atoms with Crippen molar-refractivity contribution in [1.29, 1.82) is 0 Å². The second-order valence-electron chi connectivity index (χ2n) is 7.48. The average molecular weight is 332 g/mol. The van der Waals surface area contributed by atoms with E-state index < -0.39 is 0 Å². The van der Waals surface area contributed by atoms with E-state index in [4.69, 9.17) is 0 Å². The van der Waals surface area contributed by atoms with E-state index in [1.165, 1.54) is 11.3 Å². The summed E-state index contributed by atoms with van der Waals surface area (Å²) >= 11 is 1.61. The first-order valence-electron chi connectivity index (χ1n) is 8.08. The van der Waals surface area contributed by atoms with E-state index in [1.54, 1.807) is 23.1 Å². The van der Waals surface area contributed by atoms with E-state index in [0.29, 0.717) is 16.7 Å². The molecule has 0 radical (unpaired) electrons. The lowest BCUT2D eigenvalue weighted by molar-refractivity contribution is 0.101. The normalized spacial score (nSPS) is 17.9. The smallest absolute Gasteiger partial charge is 0.275 e. The van der Waals surface area contributed by atoms with Crippen LogP contribution in [0, 0.1) is 5.92 Å². The maximum atomic E-state index is 12.5. The summed E-state index contributed by atoms with van der Waals surface area (Å²) in [5, 5.41) is 8.10. The van der Waals surface area contributed by atoms with Crippen LogP contribution in [0.3, 0.4) is 0 Å². The number of aryl methyl sites for hydroxylation is 2. The van der Waals surface area contributed by atoms with Crippen LogP contribution in [0.4, 0.5) is 5.13 Å². The summed E-state index contributed by atoms with van der Waals surface area (Å²) in [6.45, 7) is 8.54. The fourth-order valence-corrected chi connectivity index (χ4v) is 3.97. The Morgan fingerprint density at radius 1 is 1.43 bits per heavy atom. The first-order valence-corrected chi connectivity index (χ1v) is 8.90. The van der Waals surface area contributed by atoms with Crippen molar-refractivity contribution in [2.45, 2.75) is 52.4 Å². The Kier molecular flexibility index (Phi) is 4.04. The Hall–Kier alpha value is -1.69. The molecule has 2 aromatic rings. The molecule has 1 amide bonds. The Labute approximate surface area is 141 Å². The van der Waals surface area contributed by atoms with E-state index in [9.17, 15) is 4.79 Å². The molecule has 0 aromatic carbocycles. The van der Waals surface area contributed by atoms with Gasteiger partial charge in [0.2, 0.25) is 0 Å². The molecule has 0 fully saturated rings. The first-order chi connectivity index (χ1) is 10.7. The standard InChI is InChI=1S/C17H24N4OS/c1-10-6-7-11-13(8-10)23-16(18-11)19-15(22)12-9-14(17(2,3)4)20-21(12)5/h9-10H,6-8H2,1-5H3,(H,18,19,22)/t10-/m1/s1. The molecule has 1 aliphatic rings. The monoisotopic (exact) mass is 332 g/mol. The molecule has 3 rings (SSSR count). The number of rotatable bonds is 2. The highest BCUT2D eigenvalue weighted by molar-refractivity contribution is 7.15. The molecule has 1 atom stereocenters. The predicted molar refractivity (Wildman–Crippen MR) is 93.2 cm³/mol. The molecule has 2 aromatic heterocycles. The molecule has 0 unspecified atom stereocenters. The van der Waals surface area contributed by atoms with Crippen molar-refractivity contribution >= 4 is 22.4 Å². The third-order valence-corrected chi connectivity index (χ3v) is 5.32. The zero-order chi connectivity index (χ0) is 16.8. The molecule has 1 N–H and O–H groups in total. The van der Waals surface area contributed by atoms with Crippen molar-refractivity contribution in [2.75, 3.05) is 5.32 Å². The van der Waals surface area contributed by atoms with Crippen molar-refractivity contribution in [3.05, 3.63) is 28.0 Å². The summed E-state index contributed by atoms with van der Waals surface area (Å²) in [5.41, 5.74) is 2.56. The van der Waals surface area contributed by atoms with Crippen LogP contribution >= 0.6 is 11.3 Å². The average Bonchev–Trinajstić information content (AvgIpc) is 3.00. The molecule has 0 saturated carbocycles. The van der Waals surface area contributed by atoms with Crippen molar-refractivity contribution in [3.8, 4) is 0 Å². The summed E-state index contributed by atoms with van der Waals surface area (Å²) in [6.07, 6.45) is 3.27. The van der Waals surface area contributed by atoms with Gasteiger partial charge in [0, 0.05) is 17.3 Å². The van der Waals surface area contributed by atoms with E-state index in [0.717, 1.165) is 24.2 Å². The molecular weight excluding hydrogens is 308 g/mol. The van der Waals surface area contributed by atoms with Crippen LogP contribution < -0.4 is 5.32 Å². The molecule has 0 aliphatic heterocycles. The lowest BCUT2D eigenvalue weighted by Crippen LogP contribution is -2.16. The number of hydrogen-bond donors (Lipinski definition) is 1. The Morgan fingerprint density at radius 2 is 2.17 bits per heavy atom. The van der Waals surface area contributed by atoms with Gasteiger partial charge in [0.05, 0.1) is 11.4 Å². The SMILES string of the molecule is C[C@@H]1CCc2nc(NC(=O)c3cc(C(C)(C)C)nn3C)sc2C1. The second kappa shape index (κ2) is 5.74. The quantitative estimate of drug-likeness (QED) is 0.915. The molecule has 23 heavy (non-hydrogen) atoms. The number of nitrogens with zero attached hydrogens (tertiary/aromatic N) is 3. The minimum atomic E-state index is -0.144. The van der Waals surface area contributed by atoms with Crippen LogP contribution in [-0.2, 0) is 25.3 Å². The molecular formula is C17H24N4OS. The van der Waals surface area contributed by atoms with Crippen LogP contribution in [0.2, 0.25) is 0 Å². The fourth-order valence-electron chi connectivity index (χ4n) is 2.80. The number of hydrogen-bond acceptors (Lipinski definition) is 4. The molecule has 0 spiro atoms. The Bertz CT molecular complexity index is 738. The van der Waals surface area contributed by atoms with Gasteiger partial charge >= 0.3 is 0 Å². The van der Waals surface area contributed by atoms with Crippen molar-refractivity contribution < 1.29 is 4.79 Å². The number of anilines is 1. The highest BCUT2D eigenvalue weighted by atomic mass is 32.1. The summed E-state index contributed by atoms with van der Waals surface area (Å²) in [4.78, 5) is 18.5. The summed E-state index contributed by atoms with van der Waals surface area (Å²) < 4.78 is 1.64. The Morgan fingerprint density at radius 3 is 2.83 bits per heavy atom. The first kappa shape index (κ1) is 16.2. The molecule has 2 heterocycles. The molecule has 6 heteroatoms. The van der Waals surface area contributed by atoms with Crippen LogP contribution in [0.1, 0.15) is 60.9 Å². The maximum Gasteiger partial charge on any atom is 0.275 e.